The fourth-order valence-electron chi connectivity index (χ4n) is 2.19. The van der Waals surface area contributed by atoms with Crippen LogP contribution in [0.25, 0.3) is 0 Å². The molecule has 0 unspecified atom stereocenters. The first kappa shape index (κ1) is 18.2. The second-order valence-electron chi connectivity index (χ2n) is 5.65. The smallest absolute Gasteiger partial charge is 0.255 e. The van der Waals surface area contributed by atoms with Gasteiger partial charge >= 0.3 is 0 Å². The molecule has 2 aromatic rings. The normalized spacial score (nSPS) is 10.3. The molecule has 2 aromatic carbocycles. The van der Waals surface area contributed by atoms with Crippen molar-refractivity contribution in [1.29, 1.82) is 0 Å². The van der Waals surface area contributed by atoms with Gasteiger partial charge in [-0.1, -0.05) is 29.3 Å². The number of nitrogens with one attached hydrogen (secondary N) is 2. The summed E-state index contributed by atoms with van der Waals surface area (Å²) < 4.78 is 1.00. The topological polar surface area (TPSA) is 58.2 Å². The summed E-state index contributed by atoms with van der Waals surface area (Å²) >= 11 is 3.44. The van der Waals surface area contributed by atoms with Crippen molar-refractivity contribution in [3.8, 4) is 0 Å². The number of rotatable bonds is 6. The van der Waals surface area contributed by atoms with Gasteiger partial charge in [0.25, 0.3) is 5.91 Å². The Balaban J connectivity index is 1.98. The van der Waals surface area contributed by atoms with Gasteiger partial charge in [-0.25, -0.2) is 0 Å². The molecule has 0 atom stereocenters. The molecule has 0 aliphatic rings. The van der Waals surface area contributed by atoms with E-state index in [1.165, 1.54) is 0 Å². The number of hydrogen-bond donors (Lipinski definition) is 2. The van der Waals surface area contributed by atoms with Crippen LogP contribution in [0.2, 0.25) is 0 Å². The predicted molar refractivity (Wildman–Crippen MR) is 101 cm³/mol. The summed E-state index contributed by atoms with van der Waals surface area (Å²) in [6.07, 6.45) is 2.38. The summed E-state index contributed by atoms with van der Waals surface area (Å²) in [5.74, 6) is -0.181. The van der Waals surface area contributed by atoms with Gasteiger partial charge < -0.3 is 10.6 Å². The van der Waals surface area contributed by atoms with E-state index in [1.54, 1.807) is 24.3 Å². The fourth-order valence-corrected chi connectivity index (χ4v) is 2.44. The van der Waals surface area contributed by atoms with Gasteiger partial charge in [0, 0.05) is 27.8 Å². The standard InChI is InChI=1S/C19H21BrN2O2/c1-3-4-5-18(23)21-15-8-6-14(7-9-15)19(24)22-16-10-11-17(20)13(2)12-16/h6-12H,3-5H2,1-2H3,(H,21,23)(H,22,24). The maximum Gasteiger partial charge on any atom is 0.255 e. The van der Waals surface area contributed by atoms with Gasteiger partial charge in [-0.05, 0) is 61.4 Å². The van der Waals surface area contributed by atoms with Crippen molar-refractivity contribution in [3.63, 3.8) is 0 Å². The van der Waals surface area contributed by atoms with Crippen molar-refractivity contribution in [2.75, 3.05) is 10.6 Å². The molecule has 0 aliphatic heterocycles. The molecule has 0 saturated heterocycles. The van der Waals surface area contributed by atoms with Crippen LogP contribution in [0, 0.1) is 6.92 Å². The first-order valence-corrected chi connectivity index (χ1v) is 8.76. The highest BCUT2D eigenvalue weighted by Crippen LogP contribution is 2.20. The first-order valence-electron chi connectivity index (χ1n) is 7.97. The van der Waals surface area contributed by atoms with E-state index in [2.05, 4.69) is 26.6 Å². The van der Waals surface area contributed by atoms with Gasteiger partial charge in [0.1, 0.15) is 0 Å². The van der Waals surface area contributed by atoms with Crippen molar-refractivity contribution < 1.29 is 9.59 Å². The van der Waals surface area contributed by atoms with Crippen LogP contribution < -0.4 is 10.6 Å². The second kappa shape index (κ2) is 8.64. The summed E-state index contributed by atoms with van der Waals surface area (Å²) in [6.45, 7) is 4.02. The molecule has 2 amide bonds. The van der Waals surface area contributed by atoms with Gasteiger partial charge in [0.2, 0.25) is 5.91 Å². The second-order valence-corrected chi connectivity index (χ2v) is 6.50. The van der Waals surface area contributed by atoms with Crippen LogP contribution in [0.3, 0.4) is 0 Å². The Bertz CT molecular complexity index is 727. The van der Waals surface area contributed by atoms with Crippen molar-refractivity contribution in [2.24, 2.45) is 0 Å². The van der Waals surface area contributed by atoms with Crippen LogP contribution in [-0.2, 0) is 4.79 Å². The summed E-state index contributed by atoms with van der Waals surface area (Å²) in [6, 6.07) is 12.5. The number of amides is 2. The minimum absolute atomic E-state index is 0.000566. The molecule has 0 fully saturated rings. The van der Waals surface area contributed by atoms with Crippen LogP contribution in [0.1, 0.15) is 42.1 Å². The van der Waals surface area contributed by atoms with Crippen molar-refractivity contribution in [3.05, 3.63) is 58.1 Å². The van der Waals surface area contributed by atoms with E-state index in [1.807, 2.05) is 32.0 Å². The Kier molecular flexibility index (Phi) is 6.55. The van der Waals surface area contributed by atoms with Gasteiger partial charge in [-0.3, -0.25) is 9.59 Å². The highest BCUT2D eigenvalue weighted by Gasteiger charge is 2.08. The van der Waals surface area contributed by atoms with E-state index in [9.17, 15) is 9.59 Å². The minimum Gasteiger partial charge on any atom is -0.326 e. The Labute approximate surface area is 150 Å². The van der Waals surface area contributed by atoms with E-state index >= 15 is 0 Å². The predicted octanol–water partition coefficient (Wildman–Crippen LogP) is 5.14. The van der Waals surface area contributed by atoms with Crippen LogP contribution in [0.4, 0.5) is 11.4 Å². The van der Waals surface area contributed by atoms with Crippen molar-refractivity contribution in [2.45, 2.75) is 33.1 Å². The molecule has 24 heavy (non-hydrogen) atoms. The average molecular weight is 389 g/mol. The summed E-state index contributed by atoms with van der Waals surface area (Å²) in [7, 11) is 0. The van der Waals surface area contributed by atoms with E-state index in [4.69, 9.17) is 0 Å². The van der Waals surface area contributed by atoms with E-state index < -0.39 is 0 Å². The maximum atomic E-state index is 12.3. The van der Waals surface area contributed by atoms with Crippen molar-refractivity contribution in [1.82, 2.24) is 0 Å². The number of halogens is 1. The lowest BCUT2D eigenvalue weighted by molar-refractivity contribution is -0.116. The molecule has 126 valence electrons. The van der Waals surface area contributed by atoms with E-state index in [0.717, 1.165) is 28.6 Å². The zero-order valence-electron chi connectivity index (χ0n) is 13.9. The summed E-state index contributed by atoms with van der Waals surface area (Å²) in [5, 5.41) is 5.70. The molecule has 0 spiro atoms. The molecular formula is C19H21BrN2O2. The monoisotopic (exact) mass is 388 g/mol. The maximum absolute atomic E-state index is 12.3. The zero-order chi connectivity index (χ0) is 17.5. The number of anilines is 2. The lowest BCUT2D eigenvalue weighted by Gasteiger charge is -2.08. The minimum atomic E-state index is -0.180. The largest absolute Gasteiger partial charge is 0.326 e. The Morgan fingerprint density at radius 2 is 1.67 bits per heavy atom. The zero-order valence-corrected chi connectivity index (χ0v) is 15.4. The molecule has 0 saturated carbocycles. The van der Waals surface area contributed by atoms with Crippen LogP contribution in [-0.4, -0.2) is 11.8 Å². The van der Waals surface area contributed by atoms with Crippen LogP contribution >= 0.6 is 15.9 Å². The third-order valence-electron chi connectivity index (χ3n) is 3.60. The van der Waals surface area contributed by atoms with Gasteiger partial charge in [-0.15, -0.1) is 0 Å². The lowest BCUT2D eigenvalue weighted by atomic mass is 10.1. The Morgan fingerprint density at radius 1 is 1.00 bits per heavy atom. The van der Waals surface area contributed by atoms with Crippen LogP contribution in [0.5, 0.6) is 0 Å². The van der Waals surface area contributed by atoms with Gasteiger partial charge in [0.05, 0.1) is 0 Å². The lowest BCUT2D eigenvalue weighted by Crippen LogP contribution is -2.13. The molecule has 5 heteroatoms. The average Bonchev–Trinajstić information content (AvgIpc) is 2.57. The Morgan fingerprint density at radius 3 is 2.29 bits per heavy atom. The number of aryl methyl sites for hydroxylation is 1. The van der Waals surface area contributed by atoms with Crippen molar-refractivity contribution >= 4 is 39.1 Å². The van der Waals surface area contributed by atoms with Gasteiger partial charge in [0.15, 0.2) is 0 Å². The van der Waals surface area contributed by atoms with E-state index in [-0.39, 0.29) is 11.8 Å². The van der Waals surface area contributed by atoms with Gasteiger partial charge in [-0.2, -0.15) is 0 Å². The SMILES string of the molecule is CCCCC(=O)Nc1ccc(C(=O)Nc2ccc(Br)c(C)c2)cc1. The number of hydrogen-bond acceptors (Lipinski definition) is 2. The highest BCUT2D eigenvalue weighted by molar-refractivity contribution is 9.10. The molecular weight excluding hydrogens is 368 g/mol. The van der Waals surface area contributed by atoms with E-state index in [0.29, 0.717) is 17.7 Å². The highest BCUT2D eigenvalue weighted by atomic mass is 79.9. The number of unbranched alkanes of at least 4 members (excludes halogenated alkanes) is 1. The summed E-state index contributed by atoms with van der Waals surface area (Å²) in [5.41, 5.74) is 3.05. The molecule has 4 nitrogen and oxygen atoms in total. The molecule has 0 aromatic heterocycles. The molecule has 0 bridgehead atoms. The molecule has 2 rings (SSSR count). The molecule has 0 heterocycles. The molecule has 2 N–H and O–H groups in total. The fraction of sp³-hybridized carbons (Fsp3) is 0.263. The quantitative estimate of drug-likeness (QED) is 0.719. The third kappa shape index (κ3) is 5.20. The van der Waals surface area contributed by atoms with Crippen LogP contribution in [0.15, 0.2) is 46.9 Å². The number of carbonyl (C=O) groups excluding carboxylic acids is 2. The molecule has 0 radical (unpaired) electrons. The Hall–Kier alpha value is -2.14. The number of carbonyl (C=O) groups is 2. The number of benzene rings is 2. The first-order chi connectivity index (χ1) is 11.5. The third-order valence-corrected chi connectivity index (χ3v) is 4.49. The molecule has 0 aliphatic carbocycles. The summed E-state index contributed by atoms with van der Waals surface area (Å²) in [4.78, 5) is 24.0.